The highest BCUT2D eigenvalue weighted by atomic mass is 16.6. The van der Waals surface area contributed by atoms with E-state index in [-0.39, 0.29) is 12.3 Å². The second kappa shape index (κ2) is 8.27. The van der Waals surface area contributed by atoms with Crippen molar-refractivity contribution < 1.29 is 15.1 Å². The molecule has 0 saturated carbocycles. The summed E-state index contributed by atoms with van der Waals surface area (Å²) in [5.41, 5.74) is 4.09. The number of nitro benzene ring substituents is 1. The Morgan fingerprint density at radius 1 is 1.24 bits per heavy atom. The summed E-state index contributed by atoms with van der Waals surface area (Å²) < 4.78 is 1.94. The van der Waals surface area contributed by atoms with Gasteiger partial charge in [0.05, 0.1) is 17.6 Å². The second-order valence-corrected chi connectivity index (χ2v) is 6.27. The number of aliphatic hydroxyl groups excluding tert-OH is 2. The molecule has 2 aromatic rings. The third kappa shape index (κ3) is 3.91. The Morgan fingerprint density at radius 3 is 2.36 bits per heavy atom. The van der Waals surface area contributed by atoms with E-state index in [0.29, 0.717) is 5.56 Å². The van der Waals surface area contributed by atoms with E-state index in [1.807, 2.05) is 17.7 Å². The number of hydrogen-bond acceptors (Lipinski definition) is 4. The molecule has 0 aliphatic carbocycles. The van der Waals surface area contributed by atoms with Crippen LogP contribution in [0.4, 0.5) is 5.69 Å². The molecule has 0 radical (unpaired) electrons. The molecule has 0 bridgehead atoms. The fraction of sp³-hybridized carbons (Fsp3) is 0.474. The van der Waals surface area contributed by atoms with Crippen LogP contribution in [0.15, 0.2) is 30.5 Å². The number of aryl methyl sites for hydroxylation is 1. The van der Waals surface area contributed by atoms with E-state index in [9.17, 15) is 20.3 Å². The quantitative estimate of drug-likeness (QED) is 0.566. The van der Waals surface area contributed by atoms with Crippen molar-refractivity contribution in [2.45, 2.75) is 52.2 Å². The lowest BCUT2D eigenvalue weighted by atomic mass is 10.0. The molecule has 6 heteroatoms. The standard InChI is InChI=1S/C19H26N2O4/c1-4-6-17-13(3)20(11-14(17)5-2)18(12-22)19(23)15-7-9-16(10-8-15)21(24)25/h7-11,18-19,22-23H,4-6,12H2,1-3H3/t18-,19-/m0/s1. The Bertz CT molecular complexity index is 722. The zero-order valence-corrected chi connectivity index (χ0v) is 15.0. The van der Waals surface area contributed by atoms with Crippen molar-refractivity contribution in [1.29, 1.82) is 0 Å². The smallest absolute Gasteiger partial charge is 0.269 e. The van der Waals surface area contributed by atoms with Gasteiger partial charge in [-0.3, -0.25) is 10.1 Å². The predicted octanol–water partition coefficient (Wildman–Crippen LogP) is 3.49. The van der Waals surface area contributed by atoms with Crippen LogP contribution in [0.5, 0.6) is 0 Å². The van der Waals surface area contributed by atoms with Crippen LogP contribution in [-0.2, 0) is 12.8 Å². The molecule has 136 valence electrons. The summed E-state index contributed by atoms with van der Waals surface area (Å²) >= 11 is 0. The van der Waals surface area contributed by atoms with E-state index >= 15 is 0 Å². The van der Waals surface area contributed by atoms with Crippen LogP contribution in [0.3, 0.4) is 0 Å². The van der Waals surface area contributed by atoms with E-state index < -0.39 is 17.1 Å². The Hall–Kier alpha value is -2.18. The Kier molecular flexibility index (Phi) is 6.33. The molecule has 1 aromatic carbocycles. The average molecular weight is 346 g/mol. The Balaban J connectivity index is 2.37. The van der Waals surface area contributed by atoms with Gasteiger partial charge in [0, 0.05) is 24.0 Å². The van der Waals surface area contributed by atoms with Crippen LogP contribution in [0.1, 0.15) is 54.8 Å². The number of nitrogens with zero attached hydrogens (tertiary/aromatic N) is 2. The molecule has 2 N–H and O–H groups in total. The summed E-state index contributed by atoms with van der Waals surface area (Å²) in [7, 11) is 0. The maximum Gasteiger partial charge on any atom is 0.269 e. The van der Waals surface area contributed by atoms with Gasteiger partial charge in [0.1, 0.15) is 6.10 Å². The zero-order chi connectivity index (χ0) is 18.6. The van der Waals surface area contributed by atoms with Crippen LogP contribution in [0.2, 0.25) is 0 Å². The highest BCUT2D eigenvalue weighted by Gasteiger charge is 2.25. The number of aliphatic hydroxyl groups is 2. The van der Waals surface area contributed by atoms with Crippen LogP contribution in [0, 0.1) is 17.0 Å². The van der Waals surface area contributed by atoms with Gasteiger partial charge >= 0.3 is 0 Å². The van der Waals surface area contributed by atoms with E-state index in [4.69, 9.17) is 0 Å². The summed E-state index contributed by atoms with van der Waals surface area (Å²) in [6.07, 6.45) is 3.96. The van der Waals surface area contributed by atoms with Crippen LogP contribution >= 0.6 is 0 Å². The molecule has 0 unspecified atom stereocenters. The average Bonchev–Trinajstić information content (AvgIpc) is 2.92. The first kappa shape index (κ1) is 19.1. The topological polar surface area (TPSA) is 88.5 Å². The lowest BCUT2D eigenvalue weighted by Crippen LogP contribution is -2.22. The minimum Gasteiger partial charge on any atom is -0.394 e. The van der Waals surface area contributed by atoms with Crippen LogP contribution < -0.4 is 0 Å². The number of nitro groups is 1. The normalized spacial score (nSPS) is 13.6. The highest BCUT2D eigenvalue weighted by molar-refractivity contribution is 5.36. The lowest BCUT2D eigenvalue weighted by Gasteiger charge is -2.25. The van der Waals surface area contributed by atoms with Gasteiger partial charge in [-0.05, 0) is 48.6 Å². The lowest BCUT2D eigenvalue weighted by molar-refractivity contribution is -0.384. The molecular formula is C19H26N2O4. The number of rotatable bonds is 8. The summed E-state index contributed by atoms with van der Waals surface area (Å²) in [6.45, 7) is 6.02. The molecule has 1 aromatic heterocycles. The monoisotopic (exact) mass is 346 g/mol. The van der Waals surface area contributed by atoms with Crippen LogP contribution in [0.25, 0.3) is 0 Å². The number of hydrogen-bond donors (Lipinski definition) is 2. The second-order valence-electron chi connectivity index (χ2n) is 6.27. The highest BCUT2D eigenvalue weighted by Crippen LogP contribution is 2.31. The number of benzene rings is 1. The van der Waals surface area contributed by atoms with Crippen molar-refractivity contribution >= 4 is 5.69 Å². The van der Waals surface area contributed by atoms with Gasteiger partial charge in [-0.15, -0.1) is 0 Å². The summed E-state index contributed by atoms with van der Waals surface area (Å²) in [5, 5.41) is 31.4. The van der Waals surface area contributed by atoms with Crippen molar-refractivity contribution in [3.8, 4) is 0 Å². The first-order chi connectivity index (χ1) is 11.9. The maximum atomic E-state index is 10.8. The molecule has 1 heterocycles. The van der Waals surface area contributed by atoms with E-state index in [2.05, 4.69) is 13.8 Å². The fourth-order valence-corrected chi connectivity index (χ4v) is 3.33. The van der Waals surface area contributed by atoms with Gasteiger partial charge in [-0.25, -0.2) is 0 Å². The first-order valence-electron chi connectivity index (χ1n) is 8.66. The summed E-state index contributed by atoms with van der Waals surface area (Å²) in [6, 6.07) is 5.29. The molecule has 0 fully saturated rings. The molecule has 0 aliphatic heterocycles. The number of aromatic nitrogens is 1. The maximum absolute atomic E-state index is 10.8. The SMILES string of the molecule is CCCc1c(CC)cn([C@@H](CO)[C@@H](O)c2ccc([N+](=O)[O-])cc2)c1C. The number of non-ortho nitro benzene ring substituents is 1. The van der Waals surface area contributed by atoms with Crippen molar-refractivity contribution in [3.05, 3.63) is 63.0 Å². The summed E-state index contributed by atoms with van der Waals surface area (Å²) in [5.74, 6) is 0. The Morgan fingerprint density at radius 2 is 1.88 bits per heavy atom. The molecule has 0 spiro atoms. The first-order valence-corrected chi connectivity index (χ1v) is 8.66. The molecule has 25 heavy (non-hydrogen) atoms. The molecule has 2 rings (SSSR count). The largest absolute Gasteiger partial charge is 0.394 e. The van der Waals surface area contributed by atoms with Crippen molar-refractivity contribution in [3.63, 3.8) is 0 Å². The van der Waals surface area contributed by atoms with Gasteiger partial charge in [0.15, 0.2) is 0 Å². The van der Waals surface area contributed by atoms with E-state index in [1.54, 1.807) is 0 Å². The van der Waals surface area contributed by atoms with Gasteiger partial charge in [0.25, 0.3) is 5.69 Å². The van der Waals surface area contributed by atoms with E-state index in [1.165, 1.54) is 35.4 Å². The minimum atomic E-state index is -0.948. The van der Waals surface area contributed by atoms with Crippen molar-refractivity contribution in [2.75, 3.05) is 6.61 Å². The third-order valence-corrected chi connectivity index (χ3v) is 4.74. The Labute approximate surface area is 147 Å². The van der Waals surface area contributed by atoms with Gasteiger partial charge in [-0.1, -0.05) is 20.3 Å². The van der Waals surface area contributed by atoms with Crippen molar-refractivity contribution in [2.24, 2.45) is 0 Å². The van der Waals surface area contributed by atoms with E-state index in [0.717, 1.165) is 25.0 Å². The fourth-order valence-electron chi connectivity index (χ4n) is 3.33. The molecule has 2 atom stereocenters. The summed E-state index contributed by atoms with van der Waals surface area (Å²) in [4.78, 5) is 10.3. The molecular weight excluding hydrogens is 320 g/mol. The van der Waals surface area contributed by atoms with Gasteiger partial charge in [0.2, 0.25) is 0 Å². The van der Waals surface area contributed by atoms with Gasteiger partial charge < -0.3 is 14.8 Å². The third-order valence-electron chi connectivity index (χ3n) is 4.74. The molecule has 0 saturated heterocycles. The van der Waals surface area contributed by atoms with Crippen molar-refractivity contribution in [1.82, 2.24) is 4.57 Å². The molecule has 0 aliphatic rings. The molecule has 6 nitrogen and oxygen atoms in total. The zero-order valence-electron chi connectivity index (χ0n) is 15.0. The minimum absolute atomic E-state index is 0.0212. The van der Waals surface area contributed by atoms with Gasteiger partial charge in [-0.2, -0.15) is 0 Å². The molecule has 0 amide bonds. The predicted molar refractivity (Wildman–Crippen MR) is 96.7 cm³/mol. The van der Waals surface area contributed by atoms with Crippen LogP contribution in [-0.4, -0.2) is 26.3 Å².